The number of carbonyl (C=O) groups excluding carboxylic acids is 1. The van der Waals surface area contributed by atoms with E-state index in [-0.39, 0.29) is 60.1 Å². The number of hydrogen-bond acceptors (Lipinski definition) is 8. The average molecular weight is 830 g/mol. The van der Waals surface area contributed by atoms with Gasteiger partial charge < -0.3 is 15.1 Å². The first kappa shape index (κ1) is 34.6. The van der Waals surface area contributed by atoms with Crippen molar-refractivity contribution in [3.05, 3.63) is 84.4 Å². The van der Waals surface area contributed by atoms with Gasteiger partial charge in [-0.3, -0.25) is 15.8 Å². The number of hydrogen-bond donors (Lipinski definition) is 1. The molecule has 0 radical (unpaired) electrons. The summed E-state index contributed by atoms with van der Waals surface area (Å²) in [5, 5.41) is 19.0. The number of aromatic nitrogens is 4. The maximum absolute atomic E-state index is 13.5. The SMILES string of the molecule is CNc1ncnc2c1c(C1C=C[C-]=CC1)nn2CC1CCN1C(=O)/C(C#N)=C/C(C)(C)N1CCN(C)CC1.[U+2].[c-]1ccccc1. The number of piperazine rings is 1. The molecular weight excluding hydrogens is 788 g/mol. The van der Waals surface area contributed by atoms with Gasteiger partial charge in [-0.25, -0.2) is 26.8 Å². The Bertz CT molecular complexity index is 1540. The number of rotatable bonds is 7. The first-order chi connectivity index (χ1) is 21.3. The van der Waals surface area contributed by atoms with E-state index >= 15 is 0 Å². The van der Waals surface area contributed by atoms with Crippen LogP contribution in [-0.4, -0.2) is 98.8 Å². The van der Waals surface area contributed by atoms with Crippen LogP contribution in [0.1, 0.15) is 38.3 Å². The maximum atomic E-state index is 13.5. The summed E-state index contributed by atoms with van der Waals surface area (Å²) in [5.74, 6) is 0.650. The van der Waals surface area contributed by atoms with E-state index in [1.54, 1.807) is 11.2 Å². The number of allylic oxidation sites excluding steroid dienone is 4. The van der Waals surface area contributed by atoms with Crippen molar-refractivity contribution in [3.8, 4) is 6.07 Å². The molecule has 2 fully saturated rings. The molecule has 1 aromatic carbocycles. The van der Waals surface area contributed by atoms with Crippen LogP contribution < -0.4 is 5.32 Å². The van der Waals surface area contributed by atoms with Crippen molar-refractivity contribution < 1.29 is 35.9 Å². The molecule has 232 valence electrons. The van der Waals surface area contributed by atoms with Gasteiger partial charge in [0.05, 0.1) is 23.7 Å². The van der Waals surface area contributed by atoms with Crippen LogP contribution in [0.3, 0.4) is 0 Å². The van der Waals surface area contributed by atoms with Crippen LogP contribution >= 0.6 is 0 Å². The zero-order chi connectivity index (χ0) is 31.1. The van der Waals surface area contributed by atoms with Gasteiger partial charge in [-0.2, -0.15) is 52.8 Å². The molecule has 45 heavy (non-hydrogen) atoms. The van der Waals surface area contributed by atoms with E-state index in [4.69, 9.17) is 5.10 Å². The molecule has 1 amide bonds. The summed E-state index contributed by atoms with van der Waals surface area (Å²) < 4.78 is 1.90. The summed E-state index contributed by atoms with van der Waals surface area (Å²) >= 11 is 0. The first-order valence-electron chi connectivity index (χ1n) is 15.2. The summed E-state index contributed by atoms with van der Waals surface area (Å²) in [4.78, 5) is 28.9. The molecule has 10 nitrogen and oxygen atoms in total. The number of anilines is 1. The summed E-state index contributed by atoms with van der Waals surface area (Å²) in [6.07, 6.45) is 14.2. The van der Waals surface area contributed by atoms with Gasteiger partial charge in [-0.1, -0.05) is 6.42 Å². The summed E-state index contributed by atoms with van der Waals surface area (Å²) in [6.45, 7) is 9.09. The molecule has 3 aromatic rings. The molecule has 0 saturated carbocycles. The van der Waals surface area contributed by atoms with Crippen LogP contribution in [-0.2, 0) is 11.3 Å². The molecule has 2 aromatic heterocycles. The number of amides is 1. The van der Waals surface area contributed by atoms with Crippen molar-refractivity contribution in [2.24, 2.45) is 0 Å². The molecule has 1 N–H and O–H groups in total. The standard InChI is InChI=1S/C28H36N9O.C6H5.U/c1-28(2,35-14-12-34(4)13-15-35)16-21(17-29)27(38)36-11-10-22(36)18-37-26-23(25(30-3)31-19-32-26)24(33-37)20-8-6-5-7-9-20;1-2-4-6-5-3-1;/h6-8,16,19-20,22H,9-15,18H2,1-4H3,(H,30,31,32);1-5H;/q2*-1;+2/b21-16+;;. The molecular formula is C34H41N9OU. The minimum Gasteiger partial charge on any atom is -0.372 e. The van der Waals surface area contributed by atoms with E-state index in [1.807, 2.05) is 60.3 Å². The number of fused-ring (bicyclic) bond motifs is 1. The molecule has 0 spiro atoms. The number of carbonyl (C=O) groups is 1. The van der Waals surface area contributed by atoms with Crippen molar-refractivity contribution in [2.75, 3.05) is 52.1 Å². The number of benzene rings is 1. The van der Waals surface area contributed by atoms with Crippen LogP contribution in [0.4, 0.5) is 5.82 Å². The van der Waals surface area contributed by atoms with Gasteiger partial charge in [0.25, 0.3) is 5.91 Å². The van der Waals surface area contributed by atoms with E-state index in [1.165, 1.54) is 0 Å². The molecule has 6 rings (SSSR count). The molecule has 2 aliphatic heterocycles. The Balaban J connectivity index is 0.000000591. The largest absolute Gasteiger partial charge is 2.00 e. The van der Waals surface area contributed by atoms with E-state index < -0.39 is 0 Å². The van der Waals surface area contributed by atoms with Crippen molar-refractivity contribution in [1.82, 2.24) is 34.4 Å². The summed E-state index contributed by atoms with van der Waals surface area (Å²) in [6, 6.07) is 14.6. The first-order valence-corrected chi connectivity index (χ1v) is 15.2. The molecule has 1 aliphatic carbocycles. The summed E-state index contributed by atoms with van der Waals surface area (Å²) in [5.41, 5.74) is 1.50. The molecule has 2 atom stereocenters. The molecule has 3 aliphatic rings. The predicted octanol–water partition coefficient (Wildman–Crippen LogP) is 3.83. The Morgan fingerprint density at radius 2 is 1.91 bits per heavy atom. The van der Waals surface area contributed by atoms with E-state index in [9.17, 15) is 10.1 Å². The normalized spacial score (nSPS) is 20.4. The Morgan fingerprint density at radius 3 is 2.47 bits per heavy atom. The fourth-order valence-corrected chi connectivity index (χ4v) is 5.89. The number of nitrogens with one attached hydrogen (secondary N) is 1. The van der Waals surface area contributed by atoms with Gasteiger partial charge in [0.15, 0.2) is 5.65 Å². The van der Waals surface area contributed by atoms with Crippen LogP contribution in [0.25, 0.3) is 11.0 Å². The third-order valence-corrected chi connectivity index (χ3v) is 8.62. The average Bonchev–Trinajstić information content (AvgIpc) is 3.42. The fourth-order valence-electron chi connectivity index (χ4n) is 5.89. The minimum absolute atomic E-state index is 0. The molecule has 11 heteroatoms. The van der Waals surface area contributed by atoms with E-state index in [2.05, 4.69) is 70.3 Å². The second-order valence-corrected chi connectivity index (χ2v) is 11.9. The molecule has 0 bridgehead atoms. The van der Waals surface area contributed by atoms with E-state index in [0.29, 0.717) is 13.1 Å². The summed E-state index contributed by atoms with van der Waals surface area (Å²) in [7, 11) is 3.96. The Morgan fingerprint density at radius 1 is 1.16 bits per heavy atom. The van der Waals surface area contributed by atoms with Gasteiger partial charge in [0.2, 0.25) is 0 Å². The smallest absolute Gasteiger partial charge is 0.372 e. The third-order valence-electron chi connectivity index (χ3n) is 8.62. The van der Waals surface area contributed by atoms with Crippen LogP contribution in [0.5, 0.6) is 0 Å². The fraction of sp³-hybridized carbons (Fsp3) is 0.441. The second-order valence-electron chi connectivity index (χ2n) is 11.9. The van der Waals surface area contributed by atoms with E-state index in [0.717, 1.165) is 61.6 Å². The van der Waals surface area contributed by atoms with Crippen molar-refractivity contribution in [2.45, 2.75) is 50.7 Å². The number of nitrogens with zero attached hydrogens (tertiary/aromatic N) is 8. The number of likely N-dealkylation sites (tertiary alicyclic amines) is 1. The molecule has 2 saturated heterocycles. The number of nitriles is 1. The van der Waals surface area contributed by atoms with Gasteiger partial charge >= 0.3 is 31.1 Å². The van der Waals surface area contributed by atoms with Gasteiger partial charge in [-0.15, -0.1) is 0 Å². The molecule has 4 heterocycles. The van der Waals surface area contributed by atoms with Gasteiger partial charge in [0.1, 0.15) is 23.8 Å². The minimum atomic E-state index is -0.380. The van der Waals surface area contributed by atoms with Crippen molar-refractivity contribution >= 4 is 22.8 Å². The monoisotopic (exact) mass is 829 g/mol. The zero-order valence-electron chi connectivity index (χ0n) is 26.6. The van der Waals surface area contributed by atoms with Crippen molar-refractivity contribution in [1.29, 1.82) is 5.26 Å². The Labute approximate surface area is 290 Å². The topological polar surface area (TPSA) is 106 Å². The maximum Gasteiger partial charge on any atom is 2.00 e. The van der Waals surface area contributed by atoms with Crippen LogP contribution in [0.15, 0.2) is 66.5 Å². The van der Waals surface area contributed by atoms with Crippen LogP contribution in [0, 0.1) is 54.6 Å². The molecule has 2 unspecified atom stereocenters. The Hall–Kier alpha value is -3.28. The quantitative estimate of drug-likeness (QED) is 0.218. The Kier molecular flexibility index (Phi) is 12.2. The van der Waals surface area contributed by atoms with Crippen molar-refractivity contribution in [3.63, 3.8) is 0 Å². The third kappa shape index (κ3) is 8.12. The predicted molar refractivity (Wildman–Crippen MR) is 171 cm³/mol. The zero-order valence-corrected chi connectivity index (χ0v) is 30.7. The van der Waals surface area contributed by atoms with Gasteiger partial charge in [0, 0.05) is 45.3 Å². The second kappa shape index (κ2) is 15.8. The van der Waals surface area contributed by atoms with Gasteiger partial charge in [-0.05, 0) is 39.3 Å². The number of likely N-dealkylation sites (N-methyl/N-ethyl adjacent to an activating group) is 1. The van der Waals surface area contributed by atoms with Crippen LogP contribution in [0.2, 0.25) is 0 Å².